The second kappa shape index (κ2) is 7.29. The smallest absolute Gasteiger partial charge is 0.328 e. The number of aliphatic carboxylic acids is 1. The van der Waals surface area contributed by atoms with Crippen molar-refractivity contribution in [3.05, 3.63) is 69.2 Å². The second-order valence-corrected chi connectivity index (χ2v) is 5.59. The number of carbonyl (C=O) groups is 1. The Hall–Kier alpha value is -1.78. The van der Waals surface area contributed by atoms with Crippen LogP contribution < -0.4 is 4.74 Å². The first-order valence-electron chi connectivity index (χ1n) is 6.12. The second-order valence-electron chi connectivity index (χ2n) is 4.27. The van der Waals surface area contributed by atoms with E-state index in [2.05, 4.69) is 15.9 Å². The van der Waals surface area contributed by atoms with E-state index in [4.69, 9.17) is 21.4 Å². The first-order valence-corrected chi connectivity index (χ1v) is 7.29. The number of halogens is 2. The van der Waals surface area contributed by atoms with Crippen LogP contribution in [-0.4, -0.2) is 11.1 Å². The number of benzene rings is 2. The van der Waals surface area contributed by atoms with Crippen LogP contribution in [0.5, 0.6) is 5.75 Å². The summed E-state index contributed by atoms with van der Waals surface area (Å²) < 4.78 is 6.59. The molecule has 2 aromatic carbocycles. The molecule has 0 atom stereocenters. The van der Waals surface area contributed by atoms with Gasteiger partial charge in [0.15, 0.2) is 0 Å². The highest BCUT2D eigenvalue weighted by Gasteiger charge is 2.02. The maximum Gasteiger partial charge on any atom is 0.328 e. The molecule has 0 saturated carbocycles. The molecule has 0 saturated heterocycles. The molecule has 0 unspecified atom stereocenters. The van der Waals surface area contributed by atoms with Gasteiger partial charge in [-0.25, -0.2) is 4.79 Å². The number of hydrogen-bond acceptors (Lipinski definition) is 2. The van der Waals surface area contributed by atoms with Crippen LogP contribution in [0.3, 0.4) is 0 Å². The molecular weight excluding hydrogens is 356 g/mol. The normalized spacial score (nSPS) is 10.8. The van der Waals surface area contributed by atoms with Gasteiger partial charge >= 0.3 is 5.97 Å². The predicted molar refractivity (Wildman–Crippen MR) is 86.6 cm³/mol. The molecule has 5 heteroatoms. The molecule has 3 nitrogen and oxygen atoms in total. The molecular formula is C16H12BrClO3. The zero-order valence-corrected chi connectivity index (χ0v) is 13.3. The summed E-state index contributed by atoms with van der Waals surface area (Å²) in [6, 6.07) is 12.8. The van der Waals surface area contributed by atoms with Crippen molar-refractivity contribution in [3.8, 4) is 5.75 Å². The maximum absolute atomic E-state index is 10.5. The minimum atomic E-state index is -0.983. The fourth-order valence-electron chi connectivity index (χ4n) is 1.68. The Labute approximate surface area is 135 Å². The van der Waals surface area contributed by atoms with Crippen LogP contribution in [-0.2, 0) is 11.4 Å². The molecule has 1 N–H and O–H groups in total. The van der Waals surface area contributed by atoms with Gasteiger partial charge in [0.25, 0.3) is 0 Å². The number of ether oxygens (including phenoxy) is 1. The zero-order valence-electron chi connectivity index (χ0n) is 10.9. The molecule has 0 aliphatic rings. The molecule has 2 aromatic rings. The van der Waals surface area contributed by atoms with E-state index < -0.39 is 5.97 Å². The molecule has 108 valence electrons. The van der Waals surface area contributed by atoms with E-state index in [1.807, 2.05) is 24.3 Å². The van der Waals surface area contributed by atoms with Crippen LogP contribution in [0, 0.1) is 0 Å². The first-order chi connectivity index (χ1) is 10.0. The summed E-state index contributed by atoms with van der Waals surface area (Å²) in [4.78, 5) is 10.5. The van der Waals surface area contributed by atoms with Crippen molar-refractivity contribution in [2.24, 2.45) is 0 Å². The Morgan fingerprint density at radius 2 is 2.10 bits per heavy atom. The molecule has 0 radical (unpaired) electrons. The third kappa shape index (κ3) is 4.92. The Morgan fingerprint density at radius 3 is 2.81 bits per heavy atom. The SMILES string of the molecule is O=C(O)/C=C/c1cccc(OCc2ccc(Br)cc2Cl)c1. The minimum Gasteiger partial charge on any atom is -0.489 e. The molecule has 0 aliphatic heterocycles. The lowest BCUT2D eigenvalue weighted by atomic mass is 10.2. The van der Waals surface area contributed by atoms with Gasteiger partial charge in [0.2, 0.25) is 0 Å². The average molecular weight is 368 g/mol. The average Bonchev–Trinajstić information content (AvgIpc) is 2.45. The van der Waals surface area contributed by atoms with Gasteiger partial charge in [-0.2, -0.15) is 0 Å². The highest BCUT2D eigenvalue weighted by atomic mass is 79.9. The van der Waals surface area contributed by atoms with Crippen molar-refractivity contribution < 1.29 is 14.6 Å². The lowest BCUT2D eigenvalue weighted by Gasteiger charge is -2.08. The molecule has 0 spiro atoms. The Bertz CT molecular complexity index is 683. The lowest BCUT2D eigenvalue weighted by Crippen LogP contribution is -1.96. The quantitative estimate of drug-likeness (QED) is 0.774. The van der Waals surface area contributed by atoms with Crippen LogP contribution in [0.1, 0.15) is 11.1 Å². The molecule has 0 amide bonds. The summed E-state index contributed by atoms with van der Waals surface area (Å²) in [6.45, 7) is 0.345. The van der Waals surface area contributed by atoms with Gasteiger partial charge in [-0.15, -0.1) is 0 Å². The molecule has 2 rings (SSSR count). The lowest BCUT2D eigenvalue weighted by molar-refractivity contribution is -0.131. The Morgan fingerprint density at radius 1 is 1.29 bits per heavy atom. The van der Waals surface area contributed by atoms with Gasteiger partial charge in [0.1, 0.15) is 12.4 Å². The standard InChI is InChI=1S/C16H12BrClO3/c17-13-6-5-12(15(18)9-13)10-21-14-3-1-2-11(8-14)4-7-16(19)20/h1-9H,10H2,(H,19,20)/b7-4+. The van der Waals surface area contributed by atoms with Gasteiger partial charge in [0, 0.05) is 21.1 Å². The van der Waals surface area contributed by atoms with Crippen molar-refractivity contribution in [2.75, 3.05) is 0 Å². The summed E-state index contributed by atoms with van der Waals surface area (Å²) in [5.41, 5.74) is 1.64. The fraction of sp³-hybridized carbons (Fsp3) is 0.0625. The van der Waals surface area contributed by atoms with E-state index in [1.165, 1.54) is 6.08 Å². The third-order valence-electron chi connectivity index (χ3n) is 2.69. The van der Waals surface area contributed by atoms with Crippen LogP contribution in [0.25, 0.3) is 6.08 Å². The summed E-state index contributed by atoms with van der Waals surface area (Å²) in [5.74, 6) is -0.329. The van der Waals surface area contributed by atoms with Crippen molar-refractivity contribution in [3.63, 3.8) is 0 Å². The highest BCUT2D eigenvalue weighted by Crippen LogP contribution is 2.23. The Kier molecular flexibility index (Phi) is 5.42. The highest BCUT2D eigenvalue weighted by molar-refractivity contribution is 9.10. The summed E-state index contributed by atoms with van der Waals surface area (Å²) in [5, 5.41) is 9.24. The van der Waals surface area contributed by atoms with Gasteiger partial charge in [-0.3, -0.25) is 0 Å². The van der Waals surface area contributed by atoms with Crippen LogP contribution in [0.4, 0.5) is 0 Å². The van der Waals surface area contributed by atoms with E-state index in [0.29, 0.717) is 17.4 Å². The fourth-order valence-corrected chi connectivity index (χ4v) is 2.40. The molecule has 21 heavy (non-hydrogen) atoms. The minimum absolute atomic E-state index is 0.345. The van der Waals surface area contributed by atoms with E-state index >= 15 is 0 Å². The van der Waals surface area contributed by atoms with Gasteiger partial charge < -0.3 is 9.84 Å². The molecule has 0 heterocycles. The van der Waals surface area contributed by atoms with Crippen molar-refractivity contribution in [1.82, 2.24) is 0 Å². The topological polar surface area (TPSA) is 46.5 Å². The number of carboxylic acids is 1. The van der Waals surface area contributed by atoms with Gasteiger partial charge in [-0.05, 0) is 35.9 Å². The molecule has 0 aromatic heterocycles. The monoisotopic (exact) mass is 366 g/mol. The van der Waals surface area contributed by atoms with Gasteiger partial charge in [-0.1, -0.05) is 45.7 Å². The van der Waals surface area contributed by atoms with E-state index in [0.717, 1.165) is 21.7 Å². The van der Waals surface area contributed by atoms with Crippen molar-refractivity contribution >= 4 is 39.6 Å². The maximum atomic E-state index is 10.5. The molecule has 0 aliphatic carbocycles. The zero-order chi connectivity index (χ0) is 15.2. The number of carboxylic acid groups (broad SMARTS) is 1. The first kappa shape index (κ1) is 15.6. The van der Waals surface area contributed by atoms with E-state index in [9.17, 15) is 4.79 Å². The number of hydrogen-bond donors (Lipinski definition) is 1. The number of rotatable bonds is 5. The van der Waals surface area contributed by atoms with Crippen molar-refractivity contribution in [2.45, 2.75) is 6.61 Å². The van der Waals surface area contributed by atoms with E-state index in [1.54, 1.807) is 18.2 Å². The van der Waals surface area contributed by atoms with Crippen molar-refractivity contribution in [1.29, 1.82) is 0 Å². The van der Waals surface area contributed by atoms with Gasteiger partial charge in [0.05, 0.1) is 0 Å². The third-order valence-corrected chi connectivity index (χ3v) is 3.53. The summed E-state index contributed by atoms with van der Waals surface area (Å²) >= 11 is 9.48. The largest absolute Gasteiger partial charge is 0.489 e. The predicted octanol–water partition coefficient (Wildman–Crippen LogP) is 4.78. The Balaban J connectivity index is 2.06. The van der Waals surface area contributed by atoms with Crippen LogP contribution in [0.15, 0.2) is 53.0 Å². The molecule has 0 fully saturated rings. The van der Waals surface area contributed by atoms with Crippen LogP contribution in [0.2, 0.25) is 5.02 Å². The van der Waals surface area contributed by atoms with E-state index in [-0.39, 0.29) is 0 Å². The summed E-state index contributed by atoms with van der Waals surface area (Å²) in [6.07, 6.45) is 2.60. The van der Waals surface area contributed by atoms with Crippen LogP contribution >= 0.6 is 27.5 Å². The summed E-state index contributed by atoms with van der Waals surface area (Å²) in [7, 11) is 0. The molecule has 0 bridgehead atoms.